The van der Waals surface area contributed by atoms with Gasteiger partial charge < -0.3 is 15.4 Å². The number of ether oxygens (including phenoxy) is 1. The van der Waals surface area contributed by atoms with Gasteiger partial charge in [-0.1, -0.05) is 17.7 Å². The fraction of sp³-hybridized carbons (Fsp3) is 0.190. The van der Waals surface area contributed by atoms with Gasteiger partial charge in [-0.3, -0.25) is 10.1 Å². The Balaban J connectivity index is 1.48. The molecule has 4 rings (SSSR count). The standard InChI is InChI=1S/C21H19ClN4O3S/c1-12(27)23-17-7-8-29-19-6-5-13(9-16(17)19)18-11-30-21(25-18)26-20(28)24-15-4-2-3-14(22)10-15/h2-6,9-11,17H,7-8H2,1H3,(H,23,27)(H2,24,25,26,28). The van der Waals surface area contributed by atoms with Crippen LogP contribution in [-0.2, 0) is 4.79 Å². The second kappa shape index (κ2) is 8.73. The first kappa shape index (κ1) is 20.2. The number of aromatic nitrogens is 1. The van der Waals surface area contributed by atoms with Crippen molar-refractivity contribution in [1.29, 1.82) is 0 Å². The molecular formula is C21H19ClN4O3S. The van der Waals surface area contributed by atoms with E-state index in [1.807, 2.05) is 23.6 Å². The zero-order chi connectivity index (χ0) is 21.1. The Morgan fingerprint density at radius 2 is 2.07 bits per heavy atom. The number of hydrogen-bond acceptors (Lipinski definition) is 5. The lowest BCUT2D eigenvalue weighted by molar-refractivity contribution is -0.119. The largest absolute Gasteiger partial charge is 0.493 e. The lowest BCUT2D eigenvalue weighted by Crippen LogP contribution is -2.30. The van der Waals surface area contributed by atoms with E-state index in [4.69, 9.17) is 16.3 Å². The molecule has 0 saturated heterocycles. The molecule has 3 amide bonds. The molecule has 0 spiro atoms. The summed E-state index contributed by atoms with van der Waals surface area (Å²) in [6.45, 7) is 2.07. The van der Waals surface area contributed by atoms with Crippen molar-refractivity contribution in [1.82, 2.24) is 10.3 Å². The fourth-order valence-electron chi connectivity index (χ4n) is 3.24. The molecule has 0 aliphatic carbocycles. The molecule has 0 fully saturated rings. The molecule has 7 nitrogen and oxygen atoms in total. The molecule has 154 valence electrons. The number of urea groups is 1. The Kier molecular flexibility index (Phi) is 5.87. The van der Waals surface area contributed by atoms with Gasteiger partial charge in [0.25, 0.3) is 0 Å². The van der Waals surface area contributed by atoms with Crippen LogP contribution in [0.2, 0.25) is 5.02 Å². The van der Waals surface area contributed by atoms with Crippen LogP contribution in [0, 0.1) is 0 Å². The van der Waals surface area contributed by atoms with Gasteiger partial charge in [0.2, 0.25) is 5.91 Å². The Bertz CT molecular complexity index is 1100. The Labute approximate surface area is 182 Å². The van der Waals surface area contributed by atoms with E-state index in [-0.39, 0.29) is 11.9 Å². The first-order valence-electron chi connectivity index (χ1n) is 9.31. The van der Waals surface area contributed by atoms with Crippen LogP contribution in [0.3, 0.4) is 0 Å². The predicted molar refractivity (Wildman–Crippen MR) is 118 cm³/mol. The van der Waals surface area contributed by atoms with Crippen molar-refractivity contribution in [3.63, 3.8) is 0 Å². The van der Waals surface area contributed by atoms with E-state index in [1.54, 1.807) is 24.3 Å². The molecule has 1 atom stereocenters. The minimum absolute atomic E-state index is 0.0795. The molecule has 3 N–H and O–H groups in total. The van der Waals surface area contributed by atoms with Gasteiger partial charge in [0.1, 0.15) is 5.75 Å². The van der Waals surface area contributed by atoms with Gasteiger partial charge in [0.05, 0.1) is 18.3 Å². The average molecular weight is 443 g/mol. The second-order valence-electron chi connectivity index (χ2n) is 6.77. The Morgan fingerprint density at radius 3 is 2.87 bits per heavy atom. The zero-order valence-electron chi connectivity index (χ0n) is 16.1. The fourth-order valence-corrected chi connectivity index (χ4v) is 4.14. The number of carbonyl (C=O) groups excluding carboxylic acids is 2. The Morgan fingerprint density at radius 1 is 1.20 bits per heavy atom. The van der Waals surface area contributed by atoms with Crippen molar-refractivity contribution in [2.75, 3.05) is 17.2 Å². The van der Waals surface area contributed by atoms with Crippen LogP contribution in [-0.4, -0.2) is 23.5 Å². The summed E-state index contributed by atoms with van der Waals surface area (Å²) in [4.78, 5) is 28.2. The van der Waals surface area contributed by atoms with Gasteiger partial charge in [-0.2, -0.15) is 0 Å². The van der Waals surface area contributed by atoms with E-state index < -0.39 is 6.03 Å². The molecular weight excluding hydrogens is 424 g/mol. The number of amides is 3. The molecule has 3 aromatic rings. The molecule has 0 saturated carbocycles. The van der Waals surface area contributed by atoms with Crippen LogP contribution in [0.25, 0.3) is 11.3 Å². The lowest BCUT2D eigenvalue weighted by atomic mass is 9.97. The highest BCUT2D eigenvalue weighted by molar-refractivity contribution is 7.14. The van der Waals surface area contributed by atoms with Crippen LogP contribution in [0.1, 0.15) is 24.9 Å². The van der Waals surface area contributed by atoms with E-state index in [1.165, 1.54) is 18.3 Å². The summed E-state index contributed by atoms with van der Waals surface area (Å²) in [7, 11) is 0. The number of fused-ring (bicyclic) bond motifs is 1. The molecule has 9 heteroatoms. The summed E-state index contributed by atoms with van der Waals surface area (Å²) in [5, 5.41) is 11.3. The summed E-state index contributed by atoms with van der Waals surface area (Å²) in [5.74, 6) is 0.683. The summed E-state index contributed by atoms with van der Waals surface area (Å²) in [5.41, 5.74) is 3.13. The van der Waals surface area contributed by atoms with Crippen molar-refractivity contribution in [3.8, 4) is 17.0 Å². The maximum Gasteiger partial charge on any atom is 0.325 e. The molecule has 2 heterocycles. The summed E-state index contributed by atoms with van der Waals surface area (Å²) in [6, 6.07) is 12.2. The summed E-state index contributed by atoms with van der Waals surface area (Å²) < 4.78 is 5.71. The van der Waals surface area contributed by atoms with Gasteiger partial charge in [-0.25, -0.2) is 9.78 Å². The van der Waals surface area contributed by atoms with Gasteiger partial charge in [-0.05, 0) is 36.4 Å². The van der Waals surface area contributed by atoms with Crippen molar-refractivity contribution < 1.29 is 14.3 Å². The number of nitrogens with one attached hydrogen (secondary N) is 3. The van der Waals surface area contributed by atoms with E-state index in [0.717, 1.165) is 22.6 Å². The van der Waals surface area contributed by atoms with Crippen LogP contribution in [0.5, 0.6) is 5.75 Å². The maximum absolute atomic E-state index is 12.2. The lowest BCUT2D eigenvalue weighted by Gasteiger charge is -2.26. The van der Waals surface area contributed by atoms with Gasteiger partial charge in [0.15, 0.2) is 5.13 Å². The molecule has 0 radical (unpaired) electrons. The monoisotopic (exact) mass is 442 g/mol. The smallest absolute Gasteiger partial charge is 0.325 e. The number of halogens is 1. The Hall–Kier alpha value is -3.10. The van der Waals surface area contributed by atoms with E-state index in [0.29, 0.717) is 28.9 Å². The van der Waals surface area contributed by atoms with Crippen molar-refractivity contribution >= 4 is 45.7 Å². The first-order valence-corrected chi connectivity index (χ1v) is 10.6. The minimum Gasteiger partial charge on any atom is -0.493 e. The molecule has 30 heavy (non-hydrogen) atoms. The quantitative estimate of drug-likeness (QED) is 0.526. The predicted octanol–water partition coefficient (Wildman–Crippen LogP) is 5.07. The van der Waals surface area contributed by atoms with Gasteiger partial charge >= 0.3 is 6.03 Å². The van der Waals surface area contributed by atoms with Crippen LogP contribution in [0.15, 0.2) is 47.8 Å². The third kappa shape index (κ3) is 4.72. The molecule has 1 unspecified atom stereocenters. The summed E-state index contributed by atoms with van der Waals surface area (Å²) >= 11 is 7.26. The normalized spacial score (nSPS) is 14.9. The number of anilines is 2. The van der Waals surface area contributed by atoms with Crippen LogP contribution < -0.4 is 20.7 Å². The van der Waals surface area contributed by atoms with Gasteiger partial charge in [0, 0.05) is 40.6 Å². The highest BCUT2D eigenvalue weighted by Crippen LogP contribution is 2.36. The minimum atomic E-state index is -0.400. The maximum atomic E-state index is 12.2. The number of thiazole rings is 1. The number of carbonyl (C=O) groups is 2. The van der Waals surface area contributed by atoms with Crippen molar-refractivity contribution in [3.05, 3.63) is 58.4 Å². The molecule has 1 aliphatic rings. The molecule has 2 aromatic carbocycles. The van der Waals surface area contributed by atoms with Gasteiger partial charge in [-0.15, -0.1) is 11.3 Å². The van der Waals surface area contributed by atoms with E-state index in [9.17, 15) is 9.59 Å². The average Bonchev–Trinajstić information content (AvgIpc) is 3.16. The third-order valence-electron chi connectivity index (χ3n) is 4.53. The van der Waals surface area contributed by atoms with E-state index in [2.05, 4.69) is 20.9 Å². The number of rotatable bonds is 4. The first-order chi connectivity index (χ1) is 14.5. The zero-order valence-corrected chi connectivity index (χ0v) is 17.6. The topological polar surface area (TPSA) is 92.4 Å². The SMILES string of the molecule is CC(=O)NC1CCOc2ccc(-c3csc(NC(=O)Nc4cccc(Cl)c4)n3)cc21. The van der Waals surface area contributed by atoms with Crippen LogP contribution in [0.4, 0.5) is 15.6 Å². The molecule has 0 bridgehead atoms. The van der Waals surface area contributed by atoms with Crippen molar-refractivity contribution in [2.24, 2.45) is 0 Å². The summed E-state index contributed by atoms with van der Waals surface area (Å²) in [6.07, 6.45) is 0.712. The highest BCUT2D eigenvalue weighted by Gasteiger charge is 2.23. The van der Waals surface area contributed by atoms with E-state index >= 15 is 0 Å². The highest BCUT2D eigenvalue weighted by atomic mass is 35.5. The third-order valence-corrected chi connectivity index (χ3v) is 5.52. The number of hydrogen-bond donors (Lipinski definition) is 3. The van der Waals surface area contributed by atoms with Crippen molar-refractivity contribution in [2.45, 2.75) is 19.4 Å². The number of benzene rings is 2. The van der Waals surface area contributed by atoms with Crippen LogP contribution >= 0.6 is 22.9 Å². The number of nitrogens with zero attached hydrogens (tertiary/aromatic N) is 1. The molecule has 1 aromatic heterocycles. The second-order valence-corrected chi connectivity index (χ2v) is 8.06. The molecule has 1 aliphatic heterocycles.